The van der Waals surface area contributed by atoms with Crippen molar-refractivity contribution >= 4 is 28.2 Å². The first-order chi connectivity index (χ1) is 16.1. The summed E-state index contributed by atoms with van der Waals surface area (Å²) in [6, 6.07) is 15.8. The molecular formula is C25H27N3O4S. The molecular weight excluding hydrogens is 438 g/mol. The summed E-state index contributed by atoms with van der Waals surface area (Å²) in [5.74, 6) is 1.33. The molecule has 0 spiro atoms. The van der Waals surface area contributed by atoms with E-state index >= 15 is 0 Å². The van der Waals surface area contributed by atoms with E-state index in [-0.39, 0.29) is 24.5 Å². The van der Waals surface area contributed by atoms with Crippen LogP contribution < -0.4 is 20.3 Å². The van der Waals surface area contributed by atoms with Crippen molar-refractivity contribution in [3.05, 3.63) is 70.0 Å². The first-order valence-electron chi connectivity index (χ1n) is 11.2. The highest BCUT2D eigenvalue weighted by Crippen LogP contribution is 2.35. The number of ether oxygens (including phenoxy) is 3. The monoisotopic (exact) mass is 465 g/mol. The molecule has 3 aromatic rings. The van der Waals surface area contributed by atoms with Gasteiger partial charge in [-0.05, 0) is 49.7 Å². The fraction of sp³-hybridized carbons (Fsp3) is 0.360. The molecule has 3 heterocycles. The molecule has 2 aliphatic rings. The number of nitrogens with zero attached hydrogens (tertiary/aromatic N) is 1. The number of aromatic nitrogens is 1. The molecule has 0 amide bonds. The van der Waals surface area contributed by atoms with Crippen molar-refractivity contribution in [3.63, 3.8) is 0 Å². The summed E-state index contributed by atoms with van der Waals surface area (Å²) in [6.45, 7) is 4.05. The summed E-state index contributed by atoms with van der Waals surface area (Å²) in [5, 5.41) is 4.93. The Bertz CT molecular complexity index is 1210. The Kier molecular flexibility index (Phi) is 6.20. The molecule has 8 heteroatoms. The van der Waals surface area contributed by atoms with Crippen LogP contribution in [0, 0.1) is 0 Å². The molecule has 172 valence electrons. The zero-order valence-electron chi connectivity index (χ0n) is 18.5. The van der Waals surface area contributed by atoms with Crippen LogP contribution in [-0.4, -0.2) is 41.0 Å². The highest BCUT2D eigenvalue weighted by Gasteiger charge is 2.23. The summed E-state index contributed by atoms with van der Waals surface area (Å²) in [5.41, 5.74) is 2.36. The molecule has 2 atom stereocenters. The van der Waals surface area contributed by atoms with Gasteiger partial charge in [0.2, 0.25) is 6.79 Å². The Morgan fingerprint density at radius 2 is 2.00 bits per heavy atom. The van der Waals surface area contributed by atoms with Crippen LogP contribution in [0.3, 0.4) is 0 Å². The van der Waals surface area contributed by atoms with Crippen molar-refractivity contribution in [3.8, 4) is 11.5 Å². The third-order valence-electron chi connectivity index (χ3n) is 6.15. The second-order valence-corrected chi connectivity index (χ2v) is 8.90. The van der Waals surface area contributed by atoms with Gasteiger partial charge in [0.05, 0.1) is 24.2 Å². The average molecular weight is 466 g/mol. The third kappa shape index (κ3) is 4.82. The maximum Gasteiger partial charge on any atom is 0.253 e. The second-order valence-electron chi connectivity index (χ2n) is 8.51. The number of H-pyrrole nitrogens is 1. The highest BCUT2D eigenvalue weighted by atomic mass is 32.1. The number of rotatable bonds is 6. The largest absolute Gasteiger partial charge is 0.454 e. The maximum absolute atomic E-state index is 12.9. The number of fused-ring (bicyclic) bond motifs is 2. The van der Waals surface area contributed by atoms with Gasteiger partial charge in [0, 0.05) is 30.2 Å². The molecule has 0 aliphatic carbocycles. The van der Waals surface area contributed by atoms with Crippen LogP contribution in [0.15, 0.2) is 53.3 Å². The van der Waals surface area contributed by atoms with E-state index in [4.69, 9.17) is 26.4 Å². The van der Waals surface area contributed by atoms with Gasteiger partial charge in [0.15, 0.2) is 16.6 Å². The topological polar surface area (TPSA) is 75.8 Å². The molecule has 1 fully saturated rings. The van der Waals surface area contributed by atoms with Crippen LogP contribution in [0.5, 0.6) is 11.5 Å². The van der Waals surface area contributed by atoms with Gasteiger partial charge in [0.1, 0.15) is 0 Å². The van der Waals surface area contributed by atoms with Gasteiger partial charge < -0.3 is 29.4 Å². The lowest BCUT2D eigenvalue weighted by Crippen LogP contribution is -2.44. The van der Waals surface area contributed by atoms with Crippen LogP contribution in [0.1, 0.15) is 36.9 Å². The Labute approximate surface area is 197 Å². The number of hydrogen-bond donors (Lipinski definition) is 2. The van der Waals surface area contributed by atoms with E-state index in [1.807, 2.05) is 35.2 Å². The van der Waals surface area contributed by atoms with Crippen LogP contribution in [0.25, 0.3) is 10.9 Å². The molecule has 33 heavy (non-hydrogen) atoms. The van der Waals surface area contributed by atoms with Crippen LogP contribution in [-0.2, 0) is 11.3 Å². The molecule has 0 bridgehead atoms. The third-order valence-corrected chi connectivity index (χ3v) is 6.53. The lowest BCUT2D eigenvalue weighted by Gasteiger charge is -2.30. The molecule has 7 nitrogen and oxygen atoms in total. The zero-order valence-corrected chi connectivity index (χ0v) is 19.3. The Morgan fingerprint density at radius 3 is 2.76 bits per heavy atom. The smallest absolute Gasteiger partial charge is 0.253 e. The minimum atomic E-state index is -0.141. The lowest BCUT2D eigenvalue weighted by molar-refractivity contribution is 0.0895. The predicted octanol–water partition coefficient (Wildman–Crippen LogP) is 3.87. The number of nitrogens with one attached hydrogen (secondary N) is 2. The Hall–Kier alpha value is -3.10. The van der Waals surface area contributed by atoms with Crippen molar-refractivity contribution in [1.82, 2.24) is 15.2 Å². The molecule has 5 rings (SSSR count). The van der Waals surface area contributed by atoms with E-state index in [2.05, 4.69) is 29.4 Å². The highest BCUT2D eigenvalue weighted by molar-refractivity contribution is 7.80. The normalized spacial score (nSPS) is 17.8. The minimum absolute atomic E-state index is 0.0420. The molecule has 2 N–H and O–H groups in total. The molecule has 1 saturated heterocycles. The fourth-order valence-corrected chi connectivity index (χ4v) is 4.64. The summed E-state index contributed by atoms with van der Waals surface area (Å²) in [7, 11) is 0. The van der Waals surface area contributed by atoms with E-state index in [1.54, 1.807) is 6.07 Å². The Morgan fingerprint density at radius 1 is 1.21 bits per heavy atom. The molecule has 0 radical (unpaired) electrons. The van der Waals surface area contributed by atoms with Gasteiger partial charge in [-0.1, -0.05) is 30.3 Å². The number of benzene rings is 2. The van der Waals surface area contributed by atoms with E-state index in [1.165, 1.54) is 0 Å². The van der Waals surface area contributed by atoms with Gasteiger partial charge in [-0.2, -0.15) is 0 Å². The number of thiocarbonyl (C=S) groups is 1. The predicted molar refractivity (Wildman–Crippen MR) is 131 cm³/mol. The number of pyridine rings is 1. The zero-order chi connectivity index (χ0) is 22.8. The molecule has 2 aromatic carbocycles. The number of hydrogen-bond acceptors (Lipinski definition) is 5. The molecule has 1 aromatic heterocycles. The van der Waals surface area contributed by atoms with Crippen molar-refractivity contribution in [2.24, 2.45) is 0 Å². The lowest BCUT2D eigenvalue weighted by atomic mass is 10.1. The first kappa shape index (κ1) is 21.7. The fourth-order valence-electron chi connectivity index (χ4n) is 4.32. The number of aromatic amines is 1. The van der Waals surface area contributed by atoms with E-state index < -0.39 is 0 Å². The van der Waals surface area contributed by atoms with Gasteiger partial charge in [-0.15, -0.1) is 0 Å². The Balaban J connectivity index is 1.39. The summed E-state index contributed by atoms with van der Waals surface area (Å²) >= 11 is 5.80. The van der Waals surface area contributed by atoms with Gasteiger partial charge >= 0.3 is 0 Å². The van der Waals surface area contributed by atoms with E-state index in [0.29, 0.717) is 35.3 Å². The van der Waals surface area contributed by atoms with Gasteiger partial charge in [-0.3, -0.25) is 4.79 Å². The average Bonchev–Trinajstić information content (AvgIpc) is 3.50. The maximum atomic E-state index is 12.9. The van der Waals surface area contributed by atoms with Crippen molar-refractivity contribution < 1.29 is 14.2 Å². The van der Waals surface area contributed by atoms with Crippen LogP contribution >= 0.6 is 12.2 Å². The van der Waals surface area contributed by atoms with Gasteiger partial charge in [0.25, 0.3) is 5.56 Å². The molecule has 2 aliphatic heterocycles. The molecule has 0 unspecified atom stereocenters. The summed E-state index contributed by atoms with van der Waals surface area (Å²) in [4.78, 5) is 17.9. The van der Waals surface area contributed by atoms with E-state index in [0.717, 1.165) is 35.9 Å². The standard InChI is InChI=1S/C25H27N3O4S/c1-16(17-6-3-2-4-7-17)26-25(33)28(14-20-8-5-9-30-20)13-19-10-18-11-22-23(32-15-31-22)12-21(18)27-24(19)29/h2-4,6-7,10-12,16,20H,5,8-9,13-15H2,1H3,(H,26,33)(H,27,29)/t16-,20-/m1/s1. The summed E-state index contributed by atoms with van der Waals surface area (Å²) < 4.78 is 16.8. The minimum Gasteiger partial charge on any atom is -0.454 e. The quantitative estimate of drug-likeness (QED) is 0.535. The van der Waals surface area contributed by atoms with Crippen molar-refractivity contribution in [1.29, 1.82) is 0 Å². The molecule has 0 saturated carbocycles. The van der Waals surface area contributed by atoms with Crippen molar-refractivity contribution in [2.75, 3.05) is 19.9 Å². The van der Waals surface area contributed by atoms with E-state index in [9.17, 15) is 4.79 Å². The first-order valence-corrected chi connectivity index (χ1v) is 11.7. The SMILES string of the molecule is C[C@@H](NC(=S)N(Cc1cc2cc3c(cc2[nH]c1=O)OCO3)C[C@H]1CCCO1)c1ccccc1. The second kappa shape index (κ2) is 9.41. The van der Waals surface area contributed by atoms with Crippen molar-refractivity contribution in [2.45, 2.75) is 38.5 Å². The van der Waals surface area contributed by atoms with Crippen LogP contribution in [0.2, 0.25) is 0 Å². The van der Waals surface area contributed by atoms with Gasteiger partial charge in [-0.25, -0.2) is 0 Å². The summed E-state index contributed by atoms with van der Waals surface area (Å²) in [6.07, 6.45) is 2.14. The van der Waals surface area contributed by atoms with Crippen LogP contribution in [0.4, 0.5) is 0 Å².